The predicted molar refractivity (Wildman–Crippen MR) is 74.6 cm³/mol. The minimum absolute atomic E-state index is 0.189. The van der Waals surface area contributed by atoms with Crippen molar-refractivity contribution in [3.05, 3.63) is 59.9 Å². The number of nitrogens with zero attached hydrogens (tertiary/aromatic N) is 2. The van der Waals surface area contributed by atoms with E-state index in [1.165, 1.54) is 6.07 Å². The molecule has 1 aromatic heterocycles. The zero-order valence-corrected chi connectivity index (χ0v) is 10.6. The van der Waals surface area contributed by atoms with Crippen molar-refractivity contribution < 1.29 is 4.39 Å². The third kappa shape index (κ3) is 2.29. The number of imidazole rings is 1. The molecule has 3 rings (SSSR count). The maximum absolute atomic E-state index is 13.6. The molecule has 19 heavy (non-hydrogen) atoms. The van der Waals surface area contributed by atoms with Gasteiger partial charge in [0.2, 0.25) is 5.95 Å². The number of anilines is 1. The van der Waals surface area contributed by atoms with Gasteiger partial charge in [-0.15, -0.1) is 0 Å². The number of halogens is 1. The van der Waals surface area contributed by atoms with Crippen LogP contribution in [0.2, 0.25) is 0 Å². The van der Waals surface area contributed by atoms with Crippen molar-refractivity contribution in [1.29, 1.82) is 0 Å². The molecule has 2 aromatic carbocycles. The molecule has 0 unspecified atom stereocenters. The highest BCUT2D eigenvalue weighted by Crippen LogP contribution is 2.18. The molecule has 0 aliphatic carbocycles. The molecule has 0 radical (unpaired) electrons. The van der Waals surface area contributed by atoms with Crippen LogP contribution in [0.3, 0.4) is 0 Å². The van der Waals surface area contributed by atoms with Crippen LogP contribution in [0.4, 0.5) is 10.3 Å². The van der Waals surface area contributed by atoms with E-state index < -0.39 is 0 Å². The molecule has 96 valence electrons. The second kappa shape index (κ2) is 4.72. The summed E-state index contributed by atoms with van der Waals surface area (Å²) < 4.78 is 13.6. The number of H-pyrrole nitrogens is 1. The van der Waals surface area contributed by atoms with E-state index in [1.807, 2.05) is 42.3 Å². The van der Waals surface area contributed by atoms with Crippen molar-refractivity contribution in [3.63, 3.8) is 0 Å². The number of benzene rings is 2. The molecule has 0 amide bonds. The Morgan fingerprint density at radius 2 is 1.84 bits per heavy atom. The van der Waals surface area contributed by atoms with Crippen LogP contribution in [0.5, 0.6) is 0 Å². The highest BCUT2D eigenvalue weighted by Gasteiger charge is 2.09. The summed E-state index contributed by atoms with van der Waals surface area (Å²) in [5.41, 5.74) is 2.56. The molecule has 0 fully saturated rings. The second-order valence-corrected chi connectivity index (χ2v) is 4.53. The lowest BCUT2D eigenvalue weighted by Crippen LogP contribution is -2.18. The lowest BCUT2D eigenvalue weighted by atomic mass is 10.2. The van der Waals surface area contributed by atoms with Crippen LogP contribution in [0.1, 0.15) is 5.56 Å². The summed E-state index contributed by atoms with van der Waals surface area (Å²) in [5, 5.41) is 0. The Hall–Kier alpha value is -2.36. The van der Waals surface area contributed by atoms with E-state index in [0.717, 1.165) is 17.0 Å². The normalized spacial score (nSPS) is 10.8. The van der Waals surface area contributed by atoms with Crippen LogP contribution in [0.25, 0.3) is 11.0 Å². The third-order valence-electron chi connectivity index (χ3n) is 3.10. The van der Waals surface area contributed by atoms with Crippen molar-refractivity contribution in [2.45, 2.75) is 6.54 Å². The molecular weight excluding hydrogens is 241 g/mol. The Morgan fingerprint density at radius 3 is 2.63 bits per heavy atom. The summed E-state index contributed by atoms with van der Waals surface area (Å²) >= 11 is 0. The first-order valence-corrected chi connectivity index (χ1v) is 6.13. The number of fused-ring (bicyclic) bond motifs is 1. The summed E-state index contributed by atoms with van der Waals surface area (Å²) in [6.45, 7) is 0.479. The van der Waals surface area contributed by atoms with E-state index >= 15 is 0 Å². The van der Waals surface area contributed by atoms with Crippen molar-refractivity contribution in [2.75, 3.05) is 11.9 Å². The van der Waals surface area contributed by atoms with E-state index in [0.29, 0.717) is 12.1 Å². The smallest absolute Gasteiger partial charge is 0.203 e. The van der Waals surface area contributed by atoms with E-state index in [-0.39, 0.29) is 5.82 Å². The molecule has 0 aliphatic rings. The fourth-order valence-corrected chi connectivity index (χ4v) is 2.08. The van der Waals surface area contributed by atoms with Crippen LogP contribution >= 0.6 is 0 Å². The molecule has 4 heteroatoms. The molecule has 0 spiro atoms. The van der Waals surface area contributed by atoms with Crippen molar-refractivity contribution in [2.24, 2.45) is 0 Å². The van der Waals surface area contributed by atoms with Gasteiger partial charge in [0.05, 0.1) is 11.0 Å². The summed E-state index contributed by atoms with van der Waals surface area (Å²) in [6.07, 6.45) is 0. The molecule has 0 atom stereocenters. The van der Waals surface area contributed by atoms with Gasteiger partial charge in [0.15, 0.2) is 0 Å². The number of hydrogen-bond acceptors (Lipinski definition) is 2. The van der Waals surface area contributed by atoms with Gasteiger partial charge in [-0.1, -0.05) is 30.3 Å². The number of aromatic amines is 1. The molecule has 0 saturated heterocycles. The minimum Gasteiger partial charge on any atom is -0.341 e. The molecule has 1 N–H and O–H groups in total. The van der Waals surface area contributed by atoms with Crippen molar-refractivity contribution >= 4 is 17.0 Å². The predicted octanol–water partition coefficient (Wildman–Crippen LogP) is 3.34. The first-order valence-electron chi connectivity index (χ1n) is 6.13. The molecule has 3 aromatic rings. The fourth-order valence-electron chi connectivity index (χ4n) is 2.08. The number of rotatable bonds is 3. The van der Waals surface area contributed by atoms with Crippen molar-refractivity contribution in [3.8, 4) is 0 Å². The van der Waals surface area contributed by atoms with Gasteiger partial charge in [0.1, 0.15) is 5.82 Å². The second-order valence-electron chi connectivity index (χ2n) is 4.53. The average Bonchev–Trinajstić information content (AvgIpc) is 2.85. The third-order valence-corrected chi connectivity index (χ3v) is 3.10. The van der Waals surface area contributed by atoms with Crippen molar-refractivity contribution in [1.82, 2.24) is 9.97 Å². The molecule has 0 bridgehead atoms. The Bertz CT molecular complexity index is 672. The molecular formula is C15H14FN3. The number of nitrogens with one attached hydrogen (secondary N) is 1. The van der Waals surface area contributed by atoms with Crippen LogP contribution in [-0.2, 0) is 6.54 Å². The highest BCUT2D eigenvalue weighted by molar-refractivity contribution is 5.77. The van der Waals surface area contributed by atoms with Gasteiger partial charge in [0, 0.05) is 19.2 Å². The Kier molecular flexibility index (Phi) is 2.91. The van der Waals surface area contributed by atoms with Crippen LogP contribution < -0.4 is 4.90 Å². The van der Waals surface area contributed by atoms with E-state index in [9.17, 15) is 4.39 Å². The van der Waals surface area contributed by atoms with Crippen LogP contribution in [-0.4, -0.2) is 17.0 Å². The molecule has 3 nitrogen and oxygen atoms in total. The van der Waals surface area contributed by atoms with Gasteiger partial charge in [-0.05, 0) is 18.2 Å². The van der Waals surface area contributed by atoms with Gasteiger partial charge in [0.25, 0.3) is 0 Å². The van der Waals surface area contributed by atoms with E-state index in [2.05, 4.69) is 9.97 Å². The highest BCUT2D eigenvalue weighted by atomic mass is 19.1. The van der Waals surface area contributed by atoms with Gasteiger partial charge in [-0.2, -0.15) is 0 Å². The lowest BCUT2D eigenvalue weighted by molar-refractivity contribution is 0.607. The molecule has 0 aliphatic heterocycles. The average molecular weight is 255 g/mol. The summed E-state index contributed by atoms with van der Waals surface area (Å²) in [4.78, 5) is 9.62. The quantitative estimate of drug-likeness (QED) is 0.778. The van der Waals surface area contributed by atoms with Gasteiger partial charge < -0.3 is 9.88 Å². The van der Waals surface area contributed by atoms with E-state index in [4.69, 9.17) is 0 Å². The summed E-state index contributed by atoms with van der Waals surface area (Å²) in [6, 6.07) is 14.6. The SMILES string of the molecule is CN(Cc1ccccc1F)c1nc2ccccc2[nH]1. The maximum Gasteiger partial charge on any atom is 0.203 e. The van der Waals surface area contributed by atoms with Gasteiger partial charge >= 0.3 is 0 Å². The topological polar surface area (TPSA) is 31.9 Å². The van der Waals surface area contributed by atoms with Crippen LogP contribution in [0, 0.1) is 5.82 Å². The Balaban J connectivity index is 1.87. The first kappa shape index (κ1) is 11.7. The van der Waals surface area contributed by atoms with Gasteiger partial charge in [-0.25, -0.2) is 9.37 Å². The largest absolute Gasteiger partial charge is 0.341 e. The Morgan fingerprint density at radius 1 is 1.11 bits per heavy atom. The standard InChI is InChI=1S/C15H14FN3/c1-19(10-11-6-2-3-7-12(11)16)15-17-13-8-4-5-9-14(13)18-15/h2-9H,10H2,1H3,(H,17,18). The van der Waals surface area contributed by atoms with E-state index in [1.54, 1.807) is 12.1 Å². The molecule has 0 saturated carbocycles. The van der Waals surface area contributed by atoms with Gasteiger partial charge in [-0.3, -0.25) is 0 Å². The van der Waals surface area contributed by atoms with Crippen LogP contribution in [0.15, 0.2) is 48.5 Å². The summed E-state index contributed by atoms with van der Waals surface area (Å²) in [5.74, 6) is 0.551. The monoisotopic (exact) mass is 255 g/mol. The summed E-state index contributed by atoms with van der Waals surface area (Å²) in [7, 11) is 1.89. The zero-order chi connectivity index (χ0) is 13.2. The number of para-hydroxylation sites is 2. The number of aromatic nitrogens is 2. The fraction of sp³-hybridized carbons (Fsp3) is 0.133. The number of hydrogen-bond donors (Lipinski definition) is 1. The molecule has 1 heterocycles. The first-order chi connectivity index (χ1) is 9.24. The minimum atomic E-state index is -0.189. The zero-order valence-electron chi connectivity index (χ0n) is 10.6. The maximum atomic E-state index is 13.6. The Labute approximate surface area is 110 Å². The lowest BCUT2D eigenvalue weighted by Gasteiger charge is -2.16.